The molecule has 1 aliphatic heterocycles. The van der Waals surface area contributed by atoms with Gasteiger partial charge in [-0.25, -0.2) is 0 Å². The van der Waals surface area contributed by atoms with Gasteiger partial charge in [-0.05, 0) is 47.5 Å². The molecule has 0 saturated heterocycles. The molecule has 3 aromatic rings. The van der Waals surface area contributed by atoms with Crippen molar-refractivity contribution in [3.63, 3.8) is 0 Å². The second kappa shape index (κ2) is 9.73. The van der Waals surface area contributed by atoms with Gasteiger partial charge in [-0.2, -0.15) is 31.1 Å². The van der Waals surface area contributed by atoms with Crippen molar-refractivity contribution in [3.05, 3.63) is 83.4 Å². The maximum Gasteiger partial charge on any atom is 0.416 e. The minimum Gasteiger partial charge on any atom is -0.493 e. The molecule has 0 bridgehead atoms. The molecule has 0 N–H and O–H groups in total. The summed E-state index contributed by atoms with van der Waals surface area (Å²) in [6, 6.07) is 14.7. The number of sulfonamides is 1. The van der Waals surface area contributed by atoms with Crippen molar-refractivity contribution in [3.8, 4) is 17.2 Å². The molecule has 7 nitrogen and oxygen atoms in total. The van der Waals surface area contributed by atoms with Gasteiger partial charge in [-0.1, -0.05) is 30.3 Å². The van der Waals surface area contributed by atoms with Gasteiger partial charge in [0, 0.05) is 6.42 Å². The Morgan fingerprint density at radius 1 is 0.889 bits per heavy atom. The normalized spacial score (nSPS) is 16.0. The molecular formula is C25H23F3N2O5S. The van der Waals surface area contributed by atoms with Gasteiger partial charge in [0.25, 0.3) is 10.0 Å². The molecule has 1 atom stereocenters. The first-order chi connectivity index (χ1) is 17.1. The second-order valence-corrected chi connectivity index (χ2v) is 9.69. The minimum absolute atomic E-state index is 0.0276. The van der Waals surface area contributed by atoms with Crippen LogP contribution >= 0.6 is 0 Å². The number of rotatable bonds is 7. The van der Waals surface area contributed by atoms with Crippen LogP contribution in [0.3, 0.4) is 0 Å². The first-order valence-electron chi connectivity index (χ1n) is 10.7. The summed E-state index contributed by atoms with van der Waals surface area (Å²) in [4.78, 5) is 0.0276. The summed E-state index contributed by atoms with van der Waals surface area (Å²) in [6.45, 7) is 0. The fraction of sp³-hybridized carbons (Fsp3) is 0.240. The molecule has 0 amide bonds. The molecule has 0 saturated carbocycles. The highest BCUT2D eigenvalue weighted by molar-refractivity contribution is 7.89. The van der Waals surface area contributed by atoms with Crippen molar-refractivity contribution in [1.29, 1.82) is 0 Å². The summed E-state index contributed by atoms with van der Waals surface area (Å²) in [5, 5.41) is 4.38. The lowest BCUT2D eigenvalue weighted by molar-refractivity contribution is -0.137. The number of hydrogen-bond acceptors (Lipinski definition) is 6. The van der Waals surface area contributed by atoms with E-state index in [-0.39, 0.29) is 11.3 Å². The SMILES string of the molecule is COc1cc(C2CC(c3ccc(C(F)(F)F)cc3)=NN2S(=O)(=O)c2ccccc2)cc(OC)c1OC. The van der Waals surface area contributed by atoms with Crippen molar-refractivity contribution in [2.24, 2.45) is 5.10 Å². The highest BCUT2D eigenvalue weighted by Gasteiger charge is 2.39. The Balaban J connectivity index is 1.83. The Bertz CT molecular complexity index is 1350. The predicted molar refractivity (Wildman–Crippen MR) is 127 cm³/mol. The third-order valence-electron chi connectivity index (χ3n) is 5.78. The molecule has 36 heavy (non-hydrogen) atoms. The van der Waals surface area contributed by atoms with Gasteiger partial charge in [0.05, 0.1) is 43.5 Å². The molecule has 0 aliphatic carbocycles. The van der Waals surface area contributed by atoms with Crippen LogP contribution in [-0.2, 0) is 16.2 Å². The Morgan fingerprint density at radius 2 is 1.47 bits per heavy atom. The van der Waals surface area contributed by atoms with Crippen LogP contribution in [0.15, 0.2) is 76.7 Å². The van der Waals surface area contributed by atoms with Crippen LogP contribution in [0.1, 0.15) is 29.2 Å². The molecular weight excluding hydrogens is 497 g/mol. The summed E-state index contributed by atoms with van der Waals surface area (Å²) < 4.78 is 83.5. The van der Waals surface area contributed by atoms with Gasteiger partial charge in [-0.3, -0.25) is 0 Å². The first-order valence-corrected chi connectivity index (χ1v) is 12.2. The van der Waals surface area contributed by atoms with E-state index in [1.165, 1.54) is 45.6 Å². The molecule has 1 aliphatic rings. The van der Waals surface area contributed by atoms with Crippen LogP contribution in [0.5, 0.6) is 17.2 Å². The lowest BCUT2D eigenvalue weighted by Gasteiger charge is -2.24. The molecule has 0 radical (unpaired) electrons. The number of hydrogen-bond donors (Lipinski definition) is 0. The van der Waals surface area contributed by atoms with E-state index in [4.69, 9.17) is 14.2 Å². The van der Waals surface area contributed by atoms with Crippen LogP contribution in [-0.4, -0.2) is 39.9 Å². The largest absolute Gasteiger partial charge is 0.493 e. The van der Waals surface area contributed by atoms with E-state index < -0.39 is 27.8 Å². The topological polar surface area (TPSA) is 77.4 Å². The quantitative estimate of drug-likeness (QED) is 0.424. The number of benzene rings is 3. The van der Waals surface area contributed by atoms with Gasteiger partial charge < -0.3 is 14.2 Å². The molecule has 0 spiro atoms. The van der Waals surface area contributed by atoms with Crippen molar-refractivity contribution in [1.82, 2.24) is 4.41 Å². The highest BCUT2D eigenvalue weighted by atomic mass is 32.2. The number of methoxy groups -OCH3 is 3. The smallest absolute Gasteiger partial charge is 0.416 e. The Labute approximate surface area is 206 Å². The van der Waals surface area contributed by atoms with Crippen molar-refractivity contribution >= 4 is 15.7 Å². The zero-order chi connectivity index (χ0) is 26.1. The van der Waals surface area contributed by atoms with Crippen LogP contribution in [0, 0.1) is 0 Å². The second-order valence-electron chi connectivity index (χ2n) is 7.89. The number of alkyl halides is 3. The summed E-state index contributed by atoms with van der Waals surface area (Å²) in [5.74, 6) is 0.988. The van der Waals surface area contributed by atoms with Crippen LogP contribution < -0.4 is 14.2 Å². The number of ether oxygens (including phenoxy) is 3. The minimum atomic E-state index is -4.49. The van der Waals surface area contributed by atoms with Gasteiger partial charge in [0.1, 0.15) is 0 Å². The molecule has 1 heterocycles. The number of halogens is 3. The standard InChI is InChI=1S/C25H23F3N2O5S/c1-33-22-13-17(14-23(34-2)24(22)35-3)21-15-20(16-9-11-18(12-10-16)25(26,27)28)29-30(21)36(31,32)19-7-5-4-6-8-19/h4-14,21H,15H2,1-3H3. The average molecular weight is 521 g/mol. The zero-order valence-corrected chi connectivity index (χ0v) is 20.4. The Kier molecular flexibility index (Phi) is 6.85. The zero-order valence-electron chi connectivity index (χ0n) is 19.6. The van der Waals surface area contributed by atoms with E-state index in [1.807, 2.05) is 0 Å². The van der Waals surface area contributed by atoms with Gasteiger partial charge in [0.2, 0.25) is 5.75 Å². The van der Waals surface area contributed by atoms with Crippen LogP contribution in [0.2, 0.25) is 0 Å². The maximum atomic E-state index is 13.6. The monoisotopic (exact) mass is 520 g/mol. The number of hydrazone groups is 1. The summed E-state index contributed by atoms with van der Waals surface area (Å²) in [5.41, 5.74) is 0.405. The molecule has 0 fully saturated rings. The Hall–Kier alpha value is -3.73. The predicted octanol–water partition coefficient (Wildman–Crippen LogP) is 5.27. The summed E-state index contributed by atoms with van der Waals surface area (Å²) in [7, 11) is 0.227. The molecule has 1 unspecified atom stereocenters. The van der Waals surface area contributed by atoms with E-state index in [1.54, 1.807) is 30.3 Å². The fourth-order valence-corrected chi connectivity index (χ4v) is 5.43. The molecule has 11 heteroatoms. The van der Waals surface area contributed by atoms with Crippen LogP contribution in [0.4, 0.5) is 13.2 Å². The lowest BCUT2D eigenvalue weighted by Crippen LogP contribution is -2.27. The third-order valence-corrected chi connectivity index (χ3v) is 7.47. The third kappa shape index (κ3) is 4.70. The van der Waals surface area contributed by atoms with Gasteiger partial charge in [0.15, 0.2) is 11.5 Å². The van der Waals surface area contributed by atoms with E-state index in [0.717, 1.165) is 16.5 Å². The van der Waals surface area contributed by atoms with E-state index in [0.29, 0.717) is 34.1 Å². The van der Waals surface area contributed by atoms with E-state index >= 15 is 0 Å². The van der Waals surface area contributed by atoms with E-state index in [9.17, 15) is 21.6 Å². The maximum absolute atomic E-state index is 13.6. The number of nitrogens with zero attached hydrogens (tertiary/aromatic N) is 2. The fourth-order valence-electron chi connectivity index (χ4n) is 3.98. The van der Waals surface area contributed by atoms with E-state index in [2.05, 4.69) is 5.10 Å². The van der Waals surface area contributed by atoms with Gasteiger partial charge >= 0.3 is 6.18 Å². The van der Waals surface area contributed by atoms with Crippen molar-refractivity contribution < 1.29 is 35.8 Å². The lowest BCUT2D eigenvalue weighted by atomic mass is 9.98. The van der Waals surface area contributed by atoms with Crippen molar-refractivity contribution in [2.75, 3.05) is 21.3 Å². The molecule has 4 rings (SSSR count). The van der Waals surface area contributed by atoms with Gasteiger partial charge in [-0.15, -0.1) is 0 Å². The molecule has 3 aromatic carbocycles. The summed E-state index contributed by atoms with van der Waals surface area (Å²) in [6.07, 6.45) is -4.38. The van der Waals surface area contributed by atoms with Crippen LogP contribution in [0.25, 0.3) is 0 Å². The highest BCUT2D eigenvalue weighted by Crippen LogP contribution is 2.44. The molecule has 190 valence electrons. The summed E-state index contributed by atoms with van der Waals surface area (Å²) >= 11 is 0. The molecule has 0 aromatic heterocycles. The van der Waals surface area contributed by atoms with Crippen molar-refractivity contribution in [2.45, 2.75) is 23.5 Å². The average Bonchev–Trinajstić information content (AvgIpc) is 3.34. The first kappa shape index (κ1) is 25.4. The Morgan fingerprint density at radius 3 is 1.97 bits per heavy atom.